The third-order valence-electron chi connectivity index (χ3n) is 5.37. The number of hydrogen-bond donors (Lipinski definition) is 0. The molecule has 1 nitrogen and oxygen atoms in total. The van der Waals surface area contributed by atoms with E-state index in [9.17, 15) is 0 Å². The Balaban J connectivity index is 2.17. The van der Waals surface area contributed by atoms with Gasteiger partial charge in [-0.3, -0.25) is 4.90 Å². The Kier molecular flexibility index (Phi) is 5.15. The smallest absolute Gasteiger partial charge is 0.0245 e. The second-order valence-corrected chi connectivity index (χ2v) is 8.47. The fourth-order valence-electron chi connectivity index (χ4n) is 4.01. The molecule has 0 spiro atoms. The van der Waals surface area contributed by atoms with Crippen molar-refractivity contribution in [1.29, 1.82) is 0 Å². The first kappa shape index (κ1) is 17.9. The minimum atomic E-state index is 0.162. The van der Waals surface area contributed by atoms with Gasteiger partial charge >= 0.3 is 0 Å². The van der Waals surface area contributed by atoms with Gasteiger partial charge in [-0.05, 0) is 43.4 Å². The van der Waals surface area contributed by atoms with Gasteiger partial charge in [0.05, 0.1) is 0 Å². The highest BCUT2D eigenvalue weighted by atomic mass is 15.2. The van der Waals surface area contributed by atoms with Gasteiger partial charge in [0, 0.05) is 24.5 Å². The zero-order valence-corrected chi connectivity index (χ0v) is 16.3. The number of nitrogens with zero attached hydrogens (tertiary/aromatic N) is 1. The zero-order valence-electron chi connectivity index (χ0n) is 16.3. The average Bonchev–Trinajstić information content (AvgIpc) is 2.61. The maximum atomic E-state index is 2.64. The maximum absolute atomic E-state index is 2.64. The van der Waals surface area contributed by atoms with E-state index >= 15 is 0 Å². The van der Waals surface area contributed by atoms with Crippen LogP contribution in [0.3, 0.4) is 0 Å². The van der Waals surface area contributed by atoms with Crippen molar-refractivity contribution in [3.05, 3.63) is 77.4 Å². The molecule has 0 saturated carbocycles. The van der Waals surface area contributed by atoms with E-state index in [2.05, 4.69) is 100 Å². The Hall–Kier alpha value is -1.86. The van der Waals surface area contributed by atoms with Crippen LogP contribution in [0.4, 0.5) is 0 Å². The van der Waals surface area contributed by atoms with Gasteiger partial charge in [-0.2, -0.15) is 0 Å². The van der Waals surface area contributed by atoms with Crippen LogP contribution in [-0.4, -0.2) is 23.5 Å². The Labute approximate surface area is 153 Å². The molecule has 0 radical (unpaired) electrons. The van der Waals surface area contributed by atoms with E-state index < -0.39 is 0 Å². The van der Waals surface area contributed by atoms with E-state index in [-0.39, 0.29) is 5.54 Å². The largest absolute Gasteiger partial charge is 0.293 e. The van der Waals surface area contributed by atoms with Crippen molar-refractivity contribution >= 4 is 5.57 Å². The molecule has 0 aliphatic carbocycles. The summed E-state index contributed by atoms with van der Waals surface area (Å²) in [4.78, 5) is 2.64. The van der Waals surface area contributed by atoms with Gasteiger partial charge in [-0.25, -0.2) is 0 Å². The Bertz CT molecular complexity index is 720. The van der Waals surface area contributed by atoms with Crippen LogP contribution in [0.25, 0.3) is 5.57 Å². The molecule has 3 rings (SSSR count). The summed E-state index contributed by atoms with van der Waals surface area (Å²) in [5, 5.41) is 0. The molecule has 2 aromatic carbocycles. The highest BCUT2D eigenvalue weighted by Crippen LogP contribution is 2.42. The van der Waals surface area contributed by atoms with Crippen LogP contribution in [0, 0.1) is 5.92 Å². The highest BCUT2D eigenvalue weighted by Gasteiger charge is 2.35. The van der Waals surface area contributed by atoms with Gasteiger partial charge in [0.25, 0.3) is 0 Å². The van der Waals surface area contributed by atoms with Crippen LogP contribution in [0.5, 0.6) is 0 Å². The Morgan fingerprint density at radius 2 is 1.44 bits per heavy atom. The molecule has 0 amide bonds. The van der Waals surface area contributed by atoms with E-state index in [4.69, 9.17) is 0 Å². The zero-order chi connectivity index (χ0) is 18.0. The molecule has 0 saturated heterocycles. The van der Waals surface area contributed by atoms with E-state index in [0.717, 1.165) is 13.1 Å². The summed E-state index contributed by atoms with van der Waals surface area (Å²) in [5.41, 5.74) is 6.11. The first-order chi connectivity index (χ1) is 11.9. The molecule has 0 bridgehead atoms. The monoisotopic (exact) mass is 333 g/mol. The molecular weight excluding hydrogens is 302 g/mol. The van der Waals surface area contributed by atoms with Crippen LogP contribution < -0.4 is 0 Å². The van der Waals surface area contributed by atoms with Crippen molar-refractivity contribution in [2.75, 3.05) is 13.1 Å². The molecule has 1 unspecified atom stereocenters. The fraction of sp³-hybridized carbons (Fsp3) is 0.417. The summed E-state index contributed by atoms with van der Waals surface area (Å²) < 4.78 is 0. The van der Waals surface area contributed by atoms with Crippen LogP contribution in [-0.2, 0) is 0 Å². The Morgan fingerprint density at radius 1 is 0.880 bits per heavy atom. The predicted molar refractivity (Wildman–Crippen MR) is 109 cm³/mol. The summed E-state index contributed by atoms with van der Waals surface area (Å²) in [6, 6.07) is 22.0. The van der Waals surface area contributed by atoms with Gasteiger partial charge in [-0.15, -0.1) is 0 Å². The second kappa shape index (κ2) is 7.17. The summed E-state index contributed by atoms with van der Waals surface area (Å²) >= 11 is 0. The normalized spacial score (nSPS) is 19.5. The van der Waals surface area contributed by atoms with Crippen molar-refractivity contribution < 1.29 is 0 Å². The molecule has 1 atom stereocenters. The SMILES string of the molecule is CC(C)C1=C(c2ccccc2)CN(C(C)(C)C)CC1c1ccccc1. The lowest BCUT2D eigenvalue weighted by atomic mass is 9.76. The van der Waals surface area contributed by atoms with Gasteiger partial charge < -0.3 is 0 Å². The van der Waals surface area contributed by atoms with Gasteiger partial charge in [0.15, 0.2) is 0 Å². The molecule has 1 aliphatic heterocycles. The summed E-state index contributed by atoms with van der Waals surface area (Å²) in [6.07, 6.45) is 0. The molecule has 1 heterocycles. The maximum Gasteiger partial charge on any atom is 0.0245 e. The summed E-state index contributed by atoms with van der Waals surface area (Å²) in [6.45, 7) is 13.8. The van der Waals surface area contributed by atoms with Crippen LogP contribution in [0.15, 0.2) is 66.2 Å². The van der Waals surface area contributed by atoms with Crippen molar-refractivity contribution in [1.82, 2.24) is 4.90 Å². The molecule has 2 aromatic rings. The summed E-state index contributed by atoms with van der Waals surface area (Å²) in [7, 11) is 0. The van der Waals surface area contributed by atoms with E-state index in [1.54, 1.807) is 5.57 Å². The molecular formula is C24H31N. The van der Waals surface area contributed by atoms with E-state index in [1.807, 2.05) is 0 Å². The van der Waals surface area contributed by atoms with Gasteiger partial charge in [-0.1, -0.05) is 80.1 Å². The quantitative estimate of drug-likeness (QED) is 0.666. The molecule has 1 aliphatic rings. The van der Waals surface area contributed by atoms with Gasteiger partial charge in [0.2, 0.25) is 0 Å². The van der Waals surface area contributed by atoms with Crippen LogP contribution >= 0.6 is 0 Å². The van der Waals surface area contributed by atoms with E-state index in [0.29, 0.717) is 11.8 Å². The predicted octanol–water partition coefficient (Wildman–Crippen LogP) is 5.99. The minimum Gasteiger partial charge on any atom is -0.293 e. The second-order valence-electron chi connectivity index (χ2n) is 8.47. The van der Waals surface area contributed by atoms with Crippen molar-refractivity contribution in [2.24, 2.45) is 5.92 Å². The number of rotatable bonds is 3. The van der Waals surface area contributed by atoms with Crippen molar-refractivity contribution in [3.8, 4) is 0 Å². The van der Waals surface area contributed by atoms with E-state index in [1.165, 1.54) is 16.7 Å². The third kappa shape index (κ3) is 3.88. The topological polar surface area (TPSA) is 3.24 Å². The number of hydrogen-bond acceptors (Lipinski definition) is 1. The standard InChI is InChI=1S/C24H31N/c1-18(2)23-21(19-12-8-6-9-13-19)16-25(24(3,4)5)17-22(23)20-14-10-7-11-15-20/h6-15,18,21H,16-17H2,1-5H3. The van der Waals surface area contributed by atoms with Gasteiger partial charge in [0.1, 0.15) is 0 Å². The van der Waals surface area contributed by atoms with Crippen LogP contribution in [0.1, 0.15) is 51.7 Å². The van der Waals surface area contributed by atoms with Crippen LogP contribution in [0.2, 0.25) is 0 Å². The Morgan fingerprint density at radius 3 is 1.96 bits per heavy atom. The first-order valence-corrected chi connectivity index (χ1v) is 9.46. The minimum absolute atomic E-state index is 0.162. The number of benzene rings is 2. The lowest BCUT2D eigenvalue weighted by molar-refractivity contribution is 0.142. The highest BCUT2D eigenvalue weighted by molar-refractivity contribution is 5.73. The fourth-order valence-corrected chi connectivity index (χ4v) is 4.01. The molecule has 0 fully saturated rings. The lowest BCUT2D eigenvalue weighted by Crippen LogP contribution is -2.47. The molecule has 132 valence electrons. The van der Waals surface area contributed by atoms with Crippen molar-refractivity contribution in [2.45, 2.75) is 46.1 Å². The first-order valence-electron chi connectivity index (χ1n) is 9.46. The molecule has 25 heavy (non-hydrogen) atoms. The molecule has 0 N–H and O–H groups in total. The lowest BCUT2D eigenvalue weighted by Gasteiger charge is -2.45. The summed E-state index contributed by atoms with van der Waals surface area (Å²) in [5.74, 6) is 1.01. The van der Waals surface area contributed by atoms with Crippen molar-refractivity contribution in [3.63, 3.8) is 0 Å². The average molecular weight is 334 g/mol. The molecule has 0 aromatic heterocycles. The molecule has 1 heteroatoms. The third-order valence-corrected chi connectivity index (χ3v) is 5.37.